The molecule has 0 aliphatic carbocycles. The summed E-state index contributed by atoms with van der Waals surface area (Å²) in [6.45, 7) is -1.04. The zero-order chi connectivity index (χ0) is 26.5. The molecule has 4 aromatic rings. The predicted octanol–water partition coefficient (Wildman–Crippen LogP) is 5.09. The first kappa shape index (κ1) is 26.1. The van der Waals surface area contributed by atoms with Crippen LogP contribution in [0.5, 0.6) is 5.75 Å². The number of hydrogen-bond acceptors (Lipinski definition) is 6. The minimum absolute atomic E-state index is 0.161. The smallest absolute Gasteiger partial charge is 0.387 e. The van der Waals surface area contributed by atoms with Crippen LogP contribution in [0.2, 0.25) is 0 Å². The Hall–Kier alpha value is -3.47. The lowest BCUT2D eigenvalue weighted by atomic mass is 10.0. The number of hydrogen-bond donors (Lipinski definition) is 0. The second-order valence-corrected chi connectivity index (χ2v) is 11.1. The Morgan fingerprint density at radius 3 is 2.50 bits per heavy atom. The molecule has 0 saturated carbocycles. The second kappa shape index (κ2) is 11.5. The van der Waals surface area contributed by atoms with Gasteiger partial charge in [-0.05, 0) is 42.7 Å². The van der Waals surface area contributed by atoms with Crippen molar-refractivity contribution in [3.05, 3.63) is 96.4 Å². The van der Waals surface area contributed by atoms with E-state index in [-0.39, 0.29) is 23.2 Å². The van der Waals surface area contributed by atoms with Crippen LogP contribution < -0.4 is 4.74 Å². The minimum Gasteiger partial charge on any atom is -0.434 e. The topological polar surface area (TPSA) is 75.6 Å². The summed E-state index contributed by atoms with van der Waals surface area (Å²) >= 11 is 0. The van der Waals surface area contributed by atoms with Crippen molar-refractivity contribution in [3.8, 4) is 5.75 Å². The summed E-state index contributed by atoms with van der Waals surface area (Å²) in [5.41, 5.74) is 1.91. The molecule has 10 heteroatoms. The number of rotatable bonds is 9. The quantitative estimate of drug-likeness (QED) is 0.296. The number of likely N-dealkylation sites (tertiary alicyclic amines) is 1. The summed E-state index contributed by atoms with van der Waals surface area (Å²) in [4.78, 5) is 10.9. The van der Waals surface area contributed by atoms with Crippen molar-refractivity contribution in [1.82, 2.24) is 19.2 Å². The summed E-state index contributed by atoms with van der Waals surface area (Å²) in [7, 11) is -3.90. The van der Waals surface area contributed by atoms with Gasteiger partial charge in [0.1, 0.15) is 10.6 Å². The van der Waals surface area contributed by atoms with Crippen LogP contribution in [0.4, 0.5) is 8.78 Å². The molecular weight excluding hydrogens is 510 g/mol. The average Bonchev–Trinajstić information content (AvgIpc) is 2.93. The van der Waals surface area contributed by atoms with E-state index in [2.05, 4.69) is 19.6 Å². The largest absolute Gasteiger partial charge is 0.434 e. The van der Waals surface area contributed by atoms with Gasteiger partial charge in [-0.3, -0.25) is 14.9 Å². The van der Waals surface area contributed by atoms with E-state index in [1.54, 1.807) is 65.4 Å². The van der Waals surface area contributed by atoms with Crippen molar-refractivity contribution in [2.45, 2.75) is 43.5 Å². The lowest BCUT2D eigenvalue weighted by Gasteiger charge is -2.38. The minimum atomic E-state index is -3.90. The Balaban J connectivity index is 1.39. The number of nitrogens with zero attached hydrogens (tertiary/aromatic N) is 4. The fraction of sp³-hybridized carbons (Fsp3) is 0.286. The highest BCUT2D eigenvalue weighted by Crippen LogP contribution is 2.31. The van der Waals surface area contributed by atoms with Crippen molar-refractivity contribution in [3.63, 3.8) is 0 Å². The van der Waals surface area contributed by atoms with E-state index in [4.69, 9.17) is 0 Å². The fourth-order valence-electron chi connectivity index (χ4n) is 4.94. The van der Waals surface area contributed by atoms with Gasteiger partial charge in [0.15, 0.2) is 0 Å². The van der Waals surface area contributed by atoms with Gasteiger partial charge in [0.05, 0.1) is 5.52 Å². The Labute approximate surface area is 220 Å². The number of piperidine rings is 1. The van der Waals surface area contributed by atoms with Gasteiger partial charge < -0.3 is 4.74 Å². The van der Waals surface area contributed by atoms with Gasteiger partial charge in [-0.15, -0.1) is 0 Å². The standard InChI is InChI=1S/C28H28F2N4O3S/c29-28(30)37-25-10-2-1-7-23(25)20-33-16-12-24(13-17-33)34(19-21-6-4-14-31-18-21)38(35,36)26-11-3-8-22-9-5-15-32-27(22)26/h1-11,14-15,18,24,28H,12-13,16-17,19-20H2. The van der Waals surface area contributed by atoms with E-state index in [0.717, 1.165) is 10.9 Å². The normalized spacial score (nSPS) is 15.4. The van der Waals surface area contributed by atoms with Crippen molar-refractivity contribution in [1.29, 1.82) is 0 Å². The first-order chi connectivity index (χ1) is 18.4. The van der Waals surface area contributed by atoms with Crippen LogP contribution in [0.1, 0.15) is 24.0 Å². The third-order valence-corrected chi connectivity index (χ3v) is 8.72. The maximum absolute atomic E-state index is 14.1. The number of ether oxygens (including phenoxy) is 1. The number of benzene rings is 2. The highest BCUT2D eigenvalue weighted by molar-refractivity contribution is 7.89. The van der Waals surface area contributed by atoms with Gasteiger partial charge in [-0.2, -0.15) is 13.1 Å². The van der Waals surface area contributed by atoms with Gasteiger partial charge >= 0.3 is 6.61 Å². The summed E-state index contributed by atoms with van der Waals surface area (Å²) in [6.07, 6.45) is 6.12. The molecule has 0 bridgehead atoms. The van der Waals surface area contributed by atoms with Crippen molar-refractivity contribution >= 4 is 20.9 Å². The average molecular weight is 539 g/mol. The summed E-state index contributed by atoms with van der Waals surface area (Å²) < 4.78 is 60.2. The molecule has 2 aromatic heterocycles. The van der Waals surface area contributed by atoms with Crippen LogP contribution in [0, 0.1) is 0 Å². The molecule has 1 fully saturated rings. The molecule has 1 aliphatic rings. The summed E-state index contributed by atoms with van der Waals surface area (Å²) in [6, 6.07) is 19.0. The van der Waals surface area contributed by atoms with Crippen molar-refractivity contribution in [2.24, 2.45) is 0 Å². The molecule has 0 radical (unpaired) electrons. The molecule has 7 nitrogen and oxygen atoms in total. The van der Waals surface area contributed by atoms with E-state index >= 15 is 0 Å². The molecule has 5 rings (SSSR count). The molecule has 0 atom stereocenters. The zero-order valence-electron chi connectivity index (χ0n) is 20.7. The van der Waals surface area contributed by atoms with E-state index < -0.39 is 16.6 Å². The van der Waals surface area contributed by atoms with Gasteiger partial charge in [0.25, 0.3) is 0 Å². The van der Waals surface area contributed by atoms with Crippen LogP contribution in [-0.2, 0) is 23.1 Å². The van der Waals surface area contributed by atoms with Crippen LogP contribution in [0.25, 0.3) is 10.9 Å². The third kappa shape index (κ3) is 5.82. The van der Waals surface area contributed by atoms with E-state index in [1.165, 1.54) is 6.07 Å². The Bertz CT molecular complexity index is 1470. The number of para-hydroxylation sites is 2. The number of alkyl halides is 2. The number of aromatic nitrogens is 2. The monoisotopic (exact) mass is 538 g/mol. The maximum atomic E-state index is 14.1. The molecule has 0 amide bonds. The molecule has 0 unspecified atom stereocenters. The van der Waals surface area contributed by atoms with Crippen molar-refractivity contribution in [2.75, 3.05) is 13.1 Å². The van der Waals surface area contributed by atoms with Gasteiger partial charge in [0, 0.05) is 61.8 Å². The fourth-order valence-corrected chi connectivity index (χ4v) is 6.78. The molecule has 1 aliphatic heterocycles. The van der Waals surface area contributed by atoms with Gasteiger partial charge in [-0.25, -0.2) is 8.42 Å². The predicted molar refractivity (Wildman–Crippen MR) is 140 cm³/mol. The molecule has 2 aromatic carbocycles. The Kier molecular flexibility index (Phi) is 7.92. The number of halogens is 2. The molecule has 0 N–H and O–H groups in total. The van der Waals surface area contributed by atoms with Gasteiger partial charge in [-0.1, -0.05) is 42.5 Å². The number of fused-ring (bicyclic) bond motifs is 1. The Morgan fingerprint density at radius 2 is 1.74 bits per heavy atom. The van der Waals surface area contributed by atoms with E-state index in [1.807, 2.05) is 18.2 Å². The van der Waals surface area contributed by atoms with Crippen LogP contribution in [0.15, 0.2) is 90.2 Å². The lowest BCUT2D eigenvalue weighted by Crippen LogP contribution is -2.46. The molecule has 1 saturated heterocycles. The van der Waals surface area contributed by atoms with Crippen LogP contribution >= 0.6 is 0 Å². The van der Waals surface area contributed by atoms with Crippen molar-refractivity contribution < 1.29 is 21.9 Å². The number of sulfonamides is 1. The molecular formula is C28H28F2N4O3S. The van der Waals surface area contributed by atoms with E-state index in [9.17, 15) is 17.2 Å². The SMILES string of the molecule is O=S(=O)(c1cccc2cccnc12)N(Cc1cccnc1)C1CCN(Cc2ccccc2OC(F)F)CC1. The lowest BCUT2D eigenvalue weighted by molar-refractivity contribution is -0.0508. The molecule has 0 spiro atoms. The molecule has 3 heterocycles. The van der Waals surface area contributed by atoms with Gasteiger partial charge in [0.2, 0.25) is 10.0 Å². The maximum Gasteiger partial charge on any atom is 0.387 e. The molecule has 38 heavy (non-hydrogen) atoms. The van der Waals surface area contributed by atoms with Crippen LogP contribution in [-0.4, -0.2) is 53.3 Å². The highest BCUT2D eigenvalue weighted by Gasteiger charge is 2.35. The third-order valence-electron chi connectivity index (χ3n) is 6.79. The van der Waals surface area contributed by atoms with Crippen LogP contribution in [0.3, 0.4) is 0 Å². The molecule has 198 valence electrons. The summed E-state index contributed by atoms with van der Waals surface area (Å²) in [5.74, 6) is 0.161. The first-order valence-electron chi connectivity index (χ1n) is 12.4. The van der Waals surface area contributed by atoms with E-state index in [0.29, 0.717) is 43.6 Å². The second-order valence-electron chi connectivity index (χ2n) is 9.24. The highest BCUT2D eigenvalue weighted by atomic mass is 32.2. The Morgan fingerprint density at radius 1 is 0.974 bits per heavy atom. The first-order valence-corrected chi connectivity index (χ1v) is 13.9. The summed E-state index contributed by atoms with van der Waals surface area (Å²) in [5, 5.41) is 0.759. The zero-order valence-corrected chi connectivity index (χ0v) is 21.5. The number of pyridine rings is 2.